The van der Waals surface area contributed by atoms with Crippen LogP contribution in [0.5, 0.6) is 0 Å². The van der Waals surface area contributed by atoms with Crippen molar-refractivity contribution in [2.45, 2.75) is 19.4 Å². The topological polar surface area (TPSA) is 52.6 Å². The molecule has 2 unspecified atom stereocenters. The van der Waals surface area contributed by atoms with Crippen LogP contribution in [0.2, 0.25) is 10.0 Å². The molecule has 2 N–H and O–H groups in total. The minimum absolute atomic E-state index is 0.0211. The Bertz CT molecular complexity index is 510. The summed E-state index contributed by atoms with van der Waals surface area (Å²) in [5, 5.41) is 13.1. The number of halogens is 2. The Balaban J connectivity index is 1.86. The van der Waals surface area contributed by atoms with Crippen LogP contribution in [0.4, 0.5) is 0 Å². The van der Waals surface area contributed by atoms with Crippen LogP contribution in [0, 0.1) is 5.92 Å². The number of aliphatic hydroxyl groups excluding tert-OH is 1. The maximum Gasteiger partial charge on any atom is 0.234 e. The van der Waals surface area contributed by atoms with Gasteiger partial charge in [0.05, 0.1) is 22.6 Å². The first kappa shape index (κ1) is 16.6. The first-order valence-electron chi connectivity index (χ1n) is 7.07. The maximum absolute atomic E-state index is 12.1. The lowest BCUT2D eigenvalue weighted by atomic mass is 10.1. The molecule has 2 atom stereocenters. The first-order valence-corrected chi connectivity index (χ1v) is 7.82. The number of rotatable bonds is 5. The van der Waals surface area contributed by atoms with Gasteiger partial charge in [-0.1, -0.05) is 29.3 Å². The second-order valence-corrected chi connectivity index (χ2v) is 6.35. The Morgan fingerprint density at radius 2 is 2.24 bits per heavy atom. The number of aliphatic hydroxyl groups is 1. The Labute approximate surface area is 135 Å². The Morgan fingerprint density at radius 1 is 1.48 bits per heavy atom. The molecule has 0 spiro atoms. The van der Waals surface area contributed by atoms with E-state index in [0.29, 0.717) is 22.5 Å². The molecule has 0 radical (unpaired) electrons. The van der Waals surface area contributed by atoms with Gasteiger partial charge in [0, 0.05) is 13.2 Å². The standard InChI is InChI=1S/C15H20Cl2N2O2/c1-10(12-2-3-13(16)14(17)6-12)18-15(21)8-19-5-4-11(7-19)9-20/h2-3,6,10-11,20H,4-5,7-9H2,1H3,(H,18,21). The lowest BCUT2D eigenvalue weighted by Crippen LogP contribution is -2.37. The predicted octanol–water partition coefficient (Wildman–Crippen LogP) is 2.48. The summed E-state index contributed by atoms with van der Waals surface area (Å²) >= 11 is 11.9. The molecule has 1 fully saturated rings. The van der Waals surface area contributed by atoms with Gasteiger partial charge in [0.25, 0.3) is 0 Å². The smallest absolute Gasteiger partial charge is 0.234 e. The fraction of sp³-hybridized carbons (Fsp3) is 0.533. The molecule has 1 aliphatic heterocycles. The molecule has 0 aliphatic carbocycles. The molecular weight excluding hydrogens is 311 g/mol. The number of amides is 1. The second-order valence-electron chi connectivity index (χ2n) is 5.54. The summed E-state index contributed by atoms with van der Waals surface area (Å²) < 4.78 is 0. The molecule has 1 aromatic rings. The number of likely N-dealkylation sites (tertiary alicyclic amines) is 1. The summed E-state index contributed by atoms with van der Waals surface area (Å²) in [4.78, 5) is 14.1. The molecule has 2 rings (SSSR count). The van der Waals surface area contributed by atoms with Gasteiger partial charge in [0.2, 0.25) is 5.91 Å². The van der Waals surface area contributed by atoms with E-state index >= 15 is 0 Å². The Hall–Kier alpha value is -0.810. The largest absolute Gasteiger partial charge is 0.396 e. The molecule has 21 heavy (non-hydrogen) atoms. The van der Waals surface area contributed by atoms with Crippen molar-refractivity contribution in [1.82, 2.24) is 10.2 Å². The third-order valence-electron chi connectivity index (χ3n) is 3.82. The van der Waals surface area contributed by atoms with E-state index in [1.165, 1.54) is 0 Å². The third-order valence-corrected chi connectivity index (χ3v) is 4.56. The van der Waals surface area contributed by atoms with E-state index in [1.807, 2.05) is 13.0 Å². The molecule has 1 aromatic carbocycles. The SMILES string of the molecule is CC(NC(=O)CN1CCC(CO)C1)c1ccc(Cl)c(Cl)c1. The molecule has 6 heteroatoms. The highest BCUT2D eigenvalue weighted by Crippen LogP contribution is 2.25. The molecule has 4 nitrogen and oxygen atoms in total. The summed E-state index contributed by atoms with van der Waals surface area (Å²) in [7, 11) is 0. The highest BCUT2D eigenvalue weighted by Gasteiger charge is 2.23. The zero-order valence-electron chi connectivity index (χ0n) is 12.0. The van der Waals surface area contributed by atoms with Crippen molar-refractivity contribution in [3.05, 3.63) is 33.8 Å². The minimum Gasteiger partial charge on any atom is -0.396 e. The average molecular weight is 331 g/mol. The van der Waals surface area contributed by atoms with E-state index in [4.69, 9.17) is 28.3 Å². The van der Waals surface area contributed by atoms with E-state index in [9.17, 15) is 4.79 Å². The van der Waals surface area contributed by atoms with E-state index < -0.39 is 0 Å². The highest BCUT2D eigenvalue weighted by molar-refractivity contribution is 6.42. The first-order chi connectivity index (χ1) is 9.99. The van der Waals surface area contributed by atoms with Crippen molar-refractivity contribution in [2.75, 3.05) is 26.2 Å². The number of hydrogen-bond donors (Lipinski definition) is 2. The normalized spacial score (nSPS) is 20.5. The summed E-state index contributed by atoms with van der Waals surface area (Å²) in [5.74, 6) is 0.275. The minimum atomic E-state index is -0.122. The summed E-state index contributed by atoms with van der Waals surface area (Å²) in [6.07, 6.45) is 0.951. The summed E-state index contributed by atoms with van der Waals surface area (Å²) in [6.45, 7) is 4.11. The third kappa shape index (κ3) is 4.58. The predicted molar refractivity (Wildman–Crippen MR) is 84.7 cm³/mol. The maximum atomic E-state index is 12.1. The van der Waals surface area contributed by atoms with E-state index in [2.05, 4.69) is 10.2 Å². The van der Waals surface area contributed by atoms with Gasteiger partial charge in [-0.25, -0.2) is 0 Å². The highest BCUT2D eigenvalue weighted by atomic mass is 35.5. The van der Waals surface area contributed by atoms with Crippen molar-refractivity contribution in [3.63, 3.8) is 0 Å². The fourth-order valence-electron chi connectivity index (χ4n) is 2.56. The van der Waals surface area contributed by atoms with Crippen LogP contribution >= 0.6 is 23.2 Å². The number of nitrogens with zero attached hydrogens (tertiary/aromatic N) is 1. The lowest BCUT2D eigenvalue weighted by molar-refractivity contribution is -0.122. The van der Waals surface area contributed by atoms with Crippen LogP contribution in [0.25, 0.3) is 0 Å². The number of carbonyl (C=O) groups is 1. The van der Waals surface area contributed by atoms with Gasteiger partial charge in [-0.05, 0) is 43.5 Å². The Morgan fingerprint density at radius 3 is 2.86 bits per heavy atom. The molecule has 0 aromatic heterocycles. The van der Waals surface area contributed by atoms with Crippen LogP contribution in [0.1, 0.15) is 24.9 Å². The van der Waals surface area contributed by atoms with Crippen LogP contribution in [-0.4, -0.2) is 42.2 Å². The van der Waals surface area contributed by atoms with Crippen molar-refractivity contribution >= 4 is 29.1 Å². The molecule has 1 aliphatic rings. The lowest BCUT2D eigenvalue weighted by Gasteiger charge is -2.19. The van der Waals surface area contributed by atoms with E-state index in [1.54, 1.807) is 12.1 Å². The van der Waals surface area contributed by atoms with Crippen molar-refractivity contribution in [1.29, 1.82) is 0 Å². The van der Waals surface area contributed by atoms with E-state index in [-0.39, 0.29) is 18.6 Å². The molecule has 0 saturated carbocycles. The van der Waals surface area contributed by atoms with Gasteiger partial charge >= 0.3 is 0 Å². The van der Waals surface area contributed by atoms with Gasteiger partial charge in [-0.15, -0.1) is 0 Å². The number of nitrogens with one attached hydrogen (secondary N) is 1. The van der Waals surface area contributed by atoms with Gasteiger partial charge in [-0.2, -0.15) is 0 Å². The van der Waals surface area contributed by atoms with E-state index in [0.717, 1.165) is 25.1 Å². The number of hydrogen-bond acceptors (Lipinski definition) is 3. The van der Waals surface area contributed by atoms with Gasteiger partial charge < -0.3 is 10.4 Å². The van der Waals surface area contributed by atoms with Gasteiger partial charge in [0.1, 0.15) is 0 Å². The van der Waals surface area contributed by atoms with Gasteiger partial charge in [0.15, 0.2) is 0 Å². The summed E-state index contributed by atoms with van der Waals surface area (Å²) in [6, 6.07) is 5.24. The van der Waals surface area contributed by atoms with Crippen LogP contribution < -0.4 is 5.32 Å². The quantitative estimate of drug-likeness (QED) is 0.872. The number of benzene rings is 1. The molecule has 116 valence electrons. The van der Waals surface area contributed by atoms with Crippen molar-refractivity contribution < 1.29 is 9.90 Å². The average Bonchev–Trinajstić information content (AvgIpc) is 2.89. The van der Waals surface area contributed by atoms with Crippen LogP contribution in [0.15, 0.2) is 18.2 Å². The monoisotopic (exact) mass is 330 g/mol. The summed E-state index contributed by atoms with van der Waals surface area (Å²) in [5.41, 5.74) is 0.924. The van der Waals surface area contributed by atoms with Crippen LogP contribution in [-0.2, 0) is 4.79 Å². The number of carbonyl (C=O) groups excluding carboxylic acids is 1. The Kier molecular flexibility index (Phi) is 5.88. The van der Waals surface area contributed by atoms with Gasteiger partial charge in [-0.3, -0.25) is 9.69 Å². The zero-order valence-corrected chi connectivity index (χ0v) is 13.5. The molecule has 1 heterocycles. The molecule has 1 saturated heterocycles. The molecular formula is C15H20Cl2N2O2. The fourth-order valence-corrected chi connectivity index (χ4v) is 2.87. The molecule has 0 bridgehead atoms. The van der Waals surface area contributed by atoms with Crippen molar-refractivity contribution in [3.8, 4) is 0 Å². The molecule has 1 amide bonds. The zero-order chi connectivity index (χ0) is 15.4. The van der Waals surface area contributed by atoms with Crippen molar-refractivity contribution in [2.24, 2.45) is 5.92 Å². The second kappa shape index (κ2) is 7.45. The van der Waals surface area contributed by atoms with Crippen LogP contribution in [0.3, 0.4) is 0 Å².